The standard InChI is InChI=1S/C18H25NOS/c1-18(2,3)17-10-9-16(21-17)15(19-4)12-13-7-6-8-14(11-13)20-5/h6-11,15,19H,12H2,1-5H3. The molecule has 1 atom stereocenters. The predicted octanol–water partition coefficient (Wildman–Crippen LogP) is 4.56. The monoisotopic (exact) mass is 303 g/mol. The fourth-order valence-corrected chi connectivity index (χ4v) is 3.50. The lowest BCUT2D eigenvalue weighted by Gasteiger charge is -2.17. The lowest BCUT2D eigenvalue weighted by atomic mass is 9.95. The van der Waals surface area contributed by atoms with Crippen LogP contribution in [0.2, 0.25) is 0 Å². The van der Waals surface area contributed by atoms with Crippen LogP contribution < -0.4 is 10.1 Å². The first-order valence-electron chi connectivity index (χ1n) is 7.34. The summed E-state index contributed by atoms with van der Waals surface area (Å²) >= 11 is 1.91. The second kappa shape index (κ2) is 6.63. The van der Waals surface area contributed by atoms with Crippen molar-refractivity contribution in [3.63, 3.8) is 0 Å². The number of methoxy groups -OCH3 is 1. The third kappa shape index (κ3) is 4.08. The third-order valence-electron chi connectivity index (χ3n) is 3.63. The molecule has 2 aromatic rings. The van der Waals surface area contributed by atoms with Crippen LogP contribution in [0.5, 0.6) is 5.75 Å². The molecule has 1 heterocycles. The Morgan fingerprint density at radius 2 is 1.95 bits per heavy atom. The van der Waals surface area contributed by atoms with Gasteiger partial charge in [-0.1, -0.05) is 32.9 Å². The molecular weight excluding hydrogens is 278 g/mol. The minimum atomic E-state index is 0.219. The molecule has 0 aliphatic heterocycles. The lowest BCUT2D eigenvalue weighted by Crippen LogP contribution is -2.17. The summed E-state index contributed by atoms with van der Waals surface area (Å²) in [6.07, 6.45) is 0.970. The molecule has 2 rings (SSSR count). The van der Waals surface area contributed by atoms with Crippen molar-refractivity contribution in [1.82, 2.24) is 5.32 Å². The Morgan fingerprint density at radius 1 is 1.19 bits per heavy atom. The van der Waals surface area contributed by atoms with E-state index in [1.54, 1.807) is 7.11 Å². The van der Waals surface area contributed by atoms with Crippen molar-refractivity contribution in [2.24, 2.45) is 0 Å². The van der Waals surface area contributed by atoms with E-state index in [-0.39, 0.29) is 5.41 Å². The summed E-state index contributed by atoms with van der Waals surface area (Å²) in [5, 5.41) is 3.44. The summed E-state index contributed by atoms with van der Waals surface area (Å²) in [5.74, 6) is 0.920. The highest BCUT2D eigenvalue weighted by atomic mass is 32.1. The van der Waals surface area contributed by atoms with Crippen molar-refractivity contribution in [3.8, 4) is 5.75 Å². The van der Waals surface area contributed by atoms with E-state index >= 15 is 0 Å². The first-order chi connectivity index (χ1) is 9.94. The zero-order valence-corrected chi connectivity index (χ0v) is 14.4. The van der Waals surface area contributed by atoms with Crippen molar-refractivity contribution >= 4 is 11.3 Å². The van der Waals surface area contributed by atoms with Crippen LogP contribution in [0.4, 0.5) is 0 Å². The second-order valence-electron chi connectivity index (χ2n) is 6.35. The van der Waals surface area contributed by atoms with Crippen LogP contribution in [-0.2, 0) is 11.8 Å². The highest BCUT2D eigenvalue weighted by molar-refractivity contribution is 7.12. The van der Waals surface area contributed by atoms with Crippen LogP contribution in [0.25, 0.3) is 0 Å². The van der Waals surface area contributed by atoms with Gasteiger partial charge in [0.15, 0.2) is 0 Å². The fourth-order valence-electron chi connectivity index (χ4n) is 2.32. The molecule has 1 aromatic carbocycles. The number of rotatable bonds is 5. The lowest BCUT2D eigenvalue weighted by molar-refractivity contribution is 0.414. The van der Waals surface area contributed by atoms with Crippen molar-refractivity contribution < 1.29 is 4.74 Å². The van der Waals surface area contributed by atoms with E-state index in [1.165, 1.54) is 15.3 Å². The number of benzene rings is 1. The summed E-state index contributed by atoms with van der Waals surface area (Å²) in [7, 11) is 3.74. The maximum atomic E-state index is 5.31. The maximum Gasteiger partial charge on any atom is 0.119 e. The van der Waals surface area contributed by atoms with Gasteiger partial charge in [-0.25, -0.2) is 0 Å². The van der Waals surface area contributed by atoms with E-state index in [1.807, 2.05) is 24.5 Å². The molecule has 114 valence electrons. The van der Waals surface area contributed by atoms with E-state index in [0.29, 0.717) is 6.04 Å². The quantitative estimate of drug-likeness (QED) is 0.874. The number of thiophene rings is 1. The molecule has 0 radical (unpaired) electrons. The highest BCUT2D eigenvalue weighted by Gasteiger charge is 2.19. The van der Waals surface area contributed by atoms with Gasteiger partial charge in [-0.3, -0.25) is 0 Å². The largest absolute Gasteiger partial charge is 0.497 e. The van der Waals surface area contributed by atoms with Crippen LogP contribution in [0, 0.1) is 0 Å². The van der Waals surface area contributed by atoms with Crippen LogP contribution in [-0.4, -0.2) is 14.2 Å². The first kappa shape index (κ1) is 16.1. The van der Waals surface area contributed by atoms with Gasteiger partial charge in [0, 0.05) is 15.8 Å². The van der Waals surface area contributed by atoms with Gasteiger partial charge in [0.25, 0.3) is 0 Å². The van der Waals surface area contributed by atoms with E-state index in [9.17, 15) is 0 Å². The molecule has 0 fully saturated rings. The second-order valence-corrected chi connectivity index (χ2v) is 7.46. The van der Waals surface area contributed by atoms with Gasteiger partial charge in [-0.05, 0) is 48.7 Å². The number of hydrogen-bond acceptors (Lipinski definition) is 3. The van der Waals surface area contributed by atoms with Gasteiger partial charge in [0.2, 0.25) is 0 Å². The zero-order chi connectivity index (χ0) is 15.5. The van der Waals surface area contributed by atoms with Crippen molar-refractivity contribution in [3.05, 3.63) is 51.7 Å². The molecule has 3 heteroatoms. The number of hydrogen-bond donors (Lipinski definition) is 1. The summed E-state index contributed by atoms with van der Waals surface area (Å²) in [6, 6.07) is 13.2. The molecule has 2 nitrogen and oxygen atoms in total. The zero-order valence-electron chi connectivity index (χ0n) is 13.6. The predicted molar refractivity (Wildman–Crippen MR) is 91.5 cm³/mol. The molecule has 0 aliphatic rings. The molecule has 0 bridgehead atoms. The third-order valence-corrected chi connectivity index (χ3v) is 5.26. The van der Waals surface area contributed by atoms with E-state index < -0.39 is 0 Å². The van der Waals surface area contributed by atoms with Gasteiger partial charge < -0.3 is 10.1 Å². The van der Waals surface area contributed by atoms with Gasteiger partial charge >= 0.3 is 0 Å². The fraction of sp³-hybridized carbons (Fsp3) is 0.444. The Labute approximate surface area is 132 Å². The Kier molecular flexibility index (Phi) is 5.07. The van der Waals surface area contributed by atoms with Gasteiger partial charge in [0.05, 0.1) is 7.11 Å². The smallest absolute Gasteiger partial charge is 0.119 e. The molecule has 0 saturated carbocycles. The van der Waals surface area contributed by atoms with Crippen LogP contribution in [0.3, 0.4) is 0 Å². The summed E-state index contributed by atoms with van der Waals surface area (Å²) in [4.78, 5) is 2.83. The Balaban J connectivity index is 2.17. The SMILES string of the molecule is CNC(Cc1cccc(OC)c1)c1ccc(C(C)(C)C)s1. The Hall–Kier alpha value is -1.32. The van der Waals surface area contributed by atoms with Gasteiger partial charge in [-0.2, -0.15) is 0 Å². The van der Waals surface area contributed by atoms with E-state index in [4.69, 9.17) is 4.74 Å². The molecule has 0 aliphatic carbocycles. The van der Waals surface area contributed by atoms with Crippen molar-refractivity contribution in [1.29, 1.82) is 0 Å². The Bertz CT molecular complexity index is 583. The topological polar surface area (TPSA) is 21.3 Å². The van der Waals surface area contributed by atoms with E-state index in [0.717, 1.165) is 12.2 Å². The molecule has 0 spiro atoms. The maximum absolute atomic E-state index is 5.31. The van der Waals surface area contributed by atoms with Crippen LogP contribution >= 0.6 is 11.3 Å². The molecule has 1 unspecified atom stereocenters. The highest BCUT2D eigenvalue weighted by Crippen LogP contribution is 2.33. The molecule has 1 N–H and O–H groups in total. The normalized spacial score (nSPS) is 13.2. The summed E-state index contributed by atoms with van der Waals surface area (Å²) in [5.41, 5.74) is 1.51. The average molecular weight is 303 g/mol. The summed E-state index contributed by atoms with van der Waals surface area (Å²) < 4.78 is 5.31. The minimum Gasteiger partial charge on any atom is -0.497 e. The van der Waals surface area contributed by atoms with Gasteiger partial charge in [-0.15, -0.1) is 11.3 Å². The van der Waals surface area contributed by atoms with Crippen LogP contribution in [0.1, 0.15) is 42.1 Å². The minimum absolute atomic E-state index is 0.219. The number of likely N-dealkylation sites (N-methyl/N-ethyl adjacent to an activating group) is 1. The number of ether oxygens (including phenoxy) is 1. The molecular formula is C18H25NOS. The van der Waals surface area contributed by atoms with Crippen molar-refractivity contribution in [2.75, 3.05) is 14.2 Å². The number of nitrogens with one attached hydrogen (secondary N) is 1. The summed E-state index contributed by atoms with van der Waals surface area (Å²) in [6.45, 7) is 6.79. The first-order valence-corrected chi connectivity index (χ1v) is 8.16. The molecule has 0 amide bonds. The van der Waals surface area contributed by atoms with Gasteiger partial charge in [0.1, 0.15) is 5.75 Å². The Morgan fingerprint density at radius 3 is 2.52 bits per heavy atom. The molecule has 1 aromatic heterocycles. The molecule has 21 heavy (non-hydrogen) atoms. The van der Waals surface area contributed by atoms with Crippen molar-refractivity contribution in [2.45, 2.75) is 38.6 Å². The van der Waals surface area contributed by atoms with E-state index in [2.05, 4.69) is 56.4 Å². The van der Waals surface area contributed by atoms with Crippen LogP contribution in [0.15, 0.2) is 36.4 Å². The average Bonchev–Trinajstić information content (AvgIpc) is 2.94. The molecule has 0 saturated heterocycles.